The Morgan fingerprint density at radius 1 is 1.45 bits per heavy atom. The minimum atomic E-state index is 0.148. The van der Waals surface area contributed by atoms with Crippen LogP contribution in [0.4, 0.5) is 0 Å². The van der Waals surface area contributed by atoms with Crippen molar-refractivity contribution in [3.8, 4) is 0 Å². The molecule has 1 aliphatic heterocycles. The molecule has 5 nitrogen and oxygen atoms in total. The van der Waals surface area contributed by atoms with Gasteiger partial charge in [-0.2, -0.15) is 0 Å². The minimum absolute atomic E-state index is 0.148. The van der Waals surface area contributed by atoms with Gasteiger partial charge in [0.15, 0.2) is 5.96 Å². The van der Waals surface area contributed by atoms with Crippen molar-refractivity contribution in [2.75, 3.05) is 26.8 Å². The Morgan fingerprint density at radius 3 is 2.80 bits per heavy atom. The smallest absolute Gasteiger partial charge is 0.191 e. The van der Waals surface area contributed by atoms with E-state index in [0.717, 1.165) is 44.9 Å². The van der Waals surface area contributed by atoms with Crippen LogP contribution >= 0.6 is 0 Å². The molecule has 2 fully saturated rings. The third-order valence-electron chi connectivity index (χ3n) is 4.59. The maximum Gasteiger partial charge on any atom is 0.191 e. The van der Waals surface area contributed by atoms with Crippen molar-refractivity contribution in [3.63, 3.8) is 0 Å². The van der Waals surface area contributed by atoms with E-state index in [1.165, 1.54) is 0 Å². The summed E-state index contributed by atoms with van der Waals surface area (Å²) in [6, 6.07) is 0.412. The lowest BCUT2D eigenvalue weighted by molar-refractivity contribution is -0.0922. The summed E-state index contributed by atoms with van der Waals surface area (Å²) in [7, 11) is 1.79. The molecule has 20 heavy (non-hydrogen) atoms. The standard InChI is InChI=1S/C15H29N3O2/c1-5-16-14(17-10-11-7-6-8-20-11)18-12-9-13(19-4)15(12,2)3/h11-13H,5-10H2,1-4H3,(H2,16,17,18). The molecule has 5 heteroatoms. The number of hydrogen-bond donors (Lipinski definition) is 2. The molecule has 0 radical (unpaired) electrons. The quantitative estimate of drug-likeness (QED) is 0.593. The molecule has 116 valence electrons. The predicted molar refractivity (Wildman–Crippen MR) is 81.1 cm³/mol. The molecule has 0 bridgehead atoms. The number of nitrogens with zero attached hydrogens (tertiary/aromatic N) is 1. The summed E-state index contributed by atoms with van der Waals surface area (Å²) in [4.78, 5) is 4.66. The highest BCUT2D eigenvalue weighted by molar-refractivity contribution is 5.80. The summed E-state index contributed by atoms with van der Waals surface area (Å²) in [5, 5.41) is 6.86. The Hall–Kier alpha value is -0.810. The maximum atomic E-state index is 5.62. The lowest BCUT2D eigenvalue weighted by atomic mass is 9.64. The molecular formula is C15H29N3O2. The lowest BCUT2D eigenvalue weighted by Crippen LogP contribution is -2.63. The van der Waals surface area contributed by atoms with Crippen LogP contribution in [0.1, 0.15) is 40.0 Å². The van der Waals surface area contributed by atoms with Crippen LogP contribution in [0, 0.1) is 5.41 Å². The lowest BCUT2D eigenvalue weighted by Gasteiger charge is -2.51. The number of ether oxygens (including phenoxy) is 2. The average molecular weight is 283 g/mol. The second-order valence-corrected chi connectivity index (χ2v) is 6.33. The first-order valence-corrected chi connectivity index (χ1v) is 7.77. The van der Waals surface area contributed by atoms with Gasteiger partial charge in [0.2, 0.25) is 0 Å². The van der Waals surface area contributed by atoms with Crippen LogP contribution in [0.25, 0.3) is 0 Å². The summed E-state index contributed by atoms with van der Waals surface area (Å²) in [5.41, 5.74) is 0.148. The zero-order valence-electron chi connectivity index (χ0n) is 13.2. The van der Waals surface area contributed by atoms with Crippen molar-refractivity contribution in [1.29, 1.82) is 0 Å². The molecule has 0 amide bonds. The van der Waals surface area contributed by atoms with Crippen LogP contribution in [0.3, 0.4) is 0 Å². The van der Waals surface area contributed by atoms with Crippen LogP contribution in [-0.2, 0) is 9.47 Å². The van der Waals surface area contributed by atoms with E-state index in [2.05, 4.69) is 36.4 Å². The van der Waals surface area contributed by atoms with E-state index in [1.54, 1.807) is 7.11 Å². The largest absolute Gasteiger partial charge is 0.381 e. The fourth-order valence-electron chi connectivity index (χ4n) is 3.00. The molecule has 3 atom stereocenters. The first-order valence-electron chi connectivity index (χ1n) is 7.77. The Bertz CT molecular complexity index is 338. The van der Waals surface area contributed by atoms with Crippen molar-refractivity contribution >= 4 is 5.96 Å². The zero-order valence-corrected chi connectivity index (χ0v) is 13.2. The molecular weight excluding hydrogens is 254 g/mol. The summed E-state index contributed by atoms with van der Waals surface area (Å²) in [6.45, 7) is 9.08. The van der Waals surface area contributed by atoms with Crippen LogP contribution in [0.2, 0.25) is 0 Å². The Labute approximate surface area is 122 Å². The predicted octanol–water partition coefficient (Wildman–Crippen LogP) is 1.53. The fraction of sp³-hybridized carbons (Fsp3) is 0.933. The summed E-state index contributed by atoms with van der Waals surface area (Å²) < 4.78 is 11.1. The van der Waals surface area contributed by atoms with Gasteiger partial charge >= 0.3 is 0 Å². The minimum Gasteiger partial charge on any atom is -0.381 e. The Morgan fingerprint density at radius 2 is 2.25 bits per heavy atom. The Kier molecular flexibility index (Phi) is 5.27. The second kappa shape index (κ2) is 6.76. The van der Waals surface area contributed by atoms with Gasteiger partial charge in [0.1, 0.15) is 0 Å². The van der Waals surface area contributed by atoms with E-state index in [0.29, 0.717) is 18.2 Å². The van der Waals surface area contributed by atoms with E-state index in [-0.39, 0.29) is 5.41 Å². The van der Waals surface area contributed by atoms with Gasteiger partial charge in [-0.05, 0) is 26.2 Å². The Balaban J connectivity index is 1.87. The van der Waals surface area contributed by atoms with E-state index in [9.17, 15) is 0 Å². The van der Waals surface area contributed by atoms with Crippen LogP contribution in [0.5, 0.6) is 0 Å². The van der Waals surface area contributed by atoms with E-state index in [1.807, 2.05) is 0 Å². The molecule has 2 aliphatic rings. The van der Waals surface area contributed by atoms with Gasteiger partial charge in [-0.3, -0.25) is 4.99 Å². The fourth-order valence-corrected chi connectivity index (χ4v) is 3.00. The first-order chi connectivity index (χ1) is 9.57. The number of guanidine groups is 1. The number of aliphatic imine (C=N–C) groups is 1. The zero-order chi connectivity index (χ0) is 14.6. The third kappa shape index (κ3) is 3.44. The van der Waals surface area contributed by atoms with Gasteiger partial charge in [-0.25, -0.2) is 0 Å². The molecule has 1 heterocycles. The molecule has 1 aliphatic carbocycles. The second-order valence-electron chi connectivity index (χ2n) is 6.33. The van der Waals surface area contributed by atoms with Gasteiger partial charge in [-0.1, -0.05) is 13.8 Å². The SMILES string of the molecule is CCNC(=NCC1CCCO1)NC1CC(OC)C1(C)C. The third-order valence-corrected chi connectivity index (χ3v) is 4.59. The first kappa shape index (κ1) is 15.6. The van der Waals surface area contributed by atoms with Crippen LogP contribution < -0.4 is 10.6 Å². The van der Waals surface area contributed by atoms with Gasteiger partial charge < -0.3 is 20.1 Å². The van der Waals surface area contributed by atoms with Crippen LogP contribution in [-0.4, -0.2) is 51.0 Å². The highest BCUT2D eigenvalue weighted by Gasteiger charge is 2.48. The number of methoxy groups -OCH3 is 1. The number of hydrogen-bond acceptors (Lipinski definition) is 3. The summed E-state index contributed by atoms with van der Waals surface area (Å²) in [6.07, 6.45) is 3.96. The van der Waals surface area contributed by atoms with Crippen LogP contribution in [0.15, 0.2) is 4.99 Å². The topological polar surface area (TPSA) is 54.9 Å². The van der Waals surface area contributed by atoms with E-state index >= 15 is 0 Å². The van der Waals surface area contributed by atoms with Gasteiger partial charge in [-0.15, -0.1) is 0 Å². The number of nitrogens with one attached hydrogen (secondary N) is 2. The molecule has 1 saturated carbocycles. The van der Waals surface area contributed by atoms with E-state index in [4.69, 9.17) is 9.47 Å². The maximum absolute atomic E-state index is 5.62. The molecule has 0 aromatic carbocycles. The molecule has 0 spiro atoms. The molecule has 0 aromatic heterocycles. The monoisotopic (exact) mass is 283 g/mol. The molecule has 0 aromatic rings. The van der Waals surface area contributed by atoms with E-state index < -0.39 is 0 Å². The van der Waals surface area contributed by atoms with Gasteiger partial charge in [0.25, 0.3) is 0 Å². The summed E-state index contributed by atoms with van der Waals surface area (Å²) >= 11 is 0. The molecule has 2 rings (SSSR count). The van der Waals surface area contributed by atoms with Crippen molar-refractivity contribution < 1.29 is 9.47 Å². The van der Waals surface area contributed by atoms with Crippen molar-refractivity contribution in [1.82, 2.24) is 10.6 Å². The van der Waals surface area contributed by atoms with Crippen molar-refractivity contribution in [3.05, 3.63) is 0 Å². The van der Waals surface area contributed by atoms with Gasteiger partial charge in [0, 0.05) is 31.7 Å². The molecule has 2 N–H and O–H groups in total. The molecule has 3 unspecified atom stereocenters. The van der Waals surface area contributed by atoms with Gasteiger partial charge in [0.05, 0.1) is 18.8 Å². The van der Waals surface area contributed by atoms with Crippen molar-refractivity contribution in [2.45, 2.75) is 58.3 Å². The average Bonchev–Trinajstić information content (AvgIpc) is 2.93. The summed E-state index contributed by atoms with van der Waals surface area (Å²) in [5.74, 6) is 0.899. The highest BCUT2D eigenvalue weighted by Crippen LogP contribution is 2.42. The highest BCUT2D eigenvalue weighted by atomic mass is 16.5. The number of rotatable bonds is 5. The molecule has 1 saturated heterocycles. The normalized spacial score (nSPS) is 32.8. The van der Waals surface area contributed by atoms with Crippen molar-refractivity contribution in [2.24, 2.45) is 10.4 Å².